The van der Waals surface area contributed by atoms with Crippen LogP contribution in [0, 0.1) is 11.3 Å². The molecule has 2 aliphatic heterocycles. The van der Waals surface area contributed by atoms with Crippen molar-refractivity contribution in [1.82, 2.24) is 20.9 Å². The molecule has 59 heavy (non-hydrogen) atoms. The third-order valence-electron chi connectivity index (χ3n) is 9.49. The van der Waals surface area contributed by atoms with Crippen molar-refractivity contribution in [2.45, 2.75) is 125 Å². The molecule has 0 fully saturated rings. The summed E-state index contributed by atoms with van der Waals surface area (Å²) in [7, 11) is 0. The number of carbonyl (C=O) groups excluding carboxylic acids is 7. The average molecular weight is 839 g/mol. The zero-order valence-corrected chi connectivity index (χ0v) is 36.4. The van der Waals surface area contributed by atoms with E-state index in [2.05, 4.69) is 16.0 Å². The van der Waals surface area contributed by atoms with Gasteiger partial charge in [0.1, 0.15) is 12.2 Å². The normalized spacial score (nSPS) is 18.0. The number of esters is 1. The lowest BCUT2D eigenvalue weighted by atomic mass is 9.83. The van der Waals surface area contributed by atoms with Crippen molar-refractivity contribution in [2.75, 3.05) is 19.6 Å². The van der Waals surface area contributed by atoms with Crippen molar-refractivity contribution in [1.29, 1.82) is 0 Å². The molecule has 0 aliphatic carbocycles. The van der Waals surface area contributed by atoms with E-state index < -0.39 is 29.6 Å². The number of nitrogens with one attached hydrogen (secondary N) is 3. The van der Waals surface area contributed by atoms with Crippen molar-refractivity contribution in [3.05, 3.63) is 83.0 Å². The number of imide groups is 1. The fourth-order valence-corrected chi connectivity index (χ4v) is 6.19. The van der Waals surface area contributed by atoms with Crippen LogP contribution in [0.15, 0.2) is 83.0 Å². The summed E-state index contributed by atoms with van der Waals surface area (Å²) in [6.07, 6.45) is 21.0. The smallest absolute Gasteiger partial charge is 0.407 e. The van der Waals surface area contributed by atoms with Gasteiger partial charge >= 0.3 is 12.1 Å². The fourth-order valence-electron chi connectivity index (χ4n) is 6.10. The van der Waals surface area contributed by atoms with Gasteiger partial charge in [0, 0.05) is 86.5 Å². The molecule has 5 amide bonds. The highest BCUT2D eigenvalue weighted by Crippen LogP contribution is 2.23. The molecule has 3 N–H and O–H groups in total. The van der Waals surface area contributed by atoms with Gasteiger partial charge in [0.15, 0.2) is 5.78 Å². The van der Waals surface area contributed by atoms with Crippen molar-refractivity contribution >= 4 is 53.1 Å². The maximum absolute atomic E-state index is 13.3. The Morgan fingerprint density at radius 3 is 2.29 bits per heavy atom. The number of alkyl carbamates (subject to hydrolysis) is 1. The fraction of sp³-hybridized carbons (Fsp3) is 0.533. The SMILES string of the molecule is CC1=CC[C@@H]([C@@H](C)/C=C(C)/C=C\C=C/C(=O)N[C@H](C(=O)C/C=C\C[C@H](C/C=C(\C)Cl)OC(=O)NCCCNC(=O)CCCCCN2C(=O)C=CC2=O)C(C)(C)C)OC1=O. The lowest BCUT2D eigenvalue weighted by Crippen LogP contribution is -2.48. The Morgan fingerprint density at radius 2 is 1.63 bits per heavy atom. The van der Waals surface area contributed by atoms with E-state index in [-0.39, 0.29) is 54.5 Å². The number of halogens is 1. The van der Waals surface area contributed by atoms with Gasteiger partial charge in [-0.15, -0.1) is 0 Å². The van der Waals surface area contributed by atoms with Crippen LogP contribution in [0.5, 0.6) is 0 Å². The number of carbonyl (C=O) groups is 7. The van der Waals surface area contributed by atoms with Gasteiger partial charge in [0.25, 0.3) is 11.8 Å². The van der Waals surface area contributed by atoms with Crippen LogP contribution in [0.2, 0.25) is 0 Å². The van der Waals surface area contributed by atoms with Gasteiger partial charge < -0.3 is 25.4 Å². The largest absolute Gasteiger partial charge is 0.458 e. The van der Waals surface area contributed by atoms with Gasteiger partial charge in [-0.1, -0.05) is 99.9 Å². The molecule has 2 rings (SSSR count). The van der Waals surface area contributed by atoms with Crippen molar-refractivity contribution in [3.8, 4) is 0 Å². The Kier molecular flexibility index (Phi) is 22.2. The molecular weight excluding hydrogens is 776 g/mol. The number of rotatable bonds is 24. The molecular formula is C45H63ClN4O9. The Hall–Kier alpha value is -5.04. The quantitative estimate of drug-likeness (QED) is 0.0231. The number of hydrogen-bond donors (Lipinski definition) is 3. The summed E-state index contributed by atoms with van der Waals surface area (Å²) in [6.45, 7) is 14.0. The molecule has 0 radical (unpaired) electrons. The summed E-state index contributed by atoms with van der Waals surface area (Å²) in [5, 5.41) is 8.90. The number of ketones is 1. The molecule has 0 bridgehead atoms. The van der Waals surface area contributed by atoms with E-state index in [1.54, 1.807) is 44.2 Å². The maximum Gasteiger partial charge on any atom is 0.407 e. The molecule has 0 saturated carbocycles. The third-order valence-corrected chi connectivity index (χ3v) is 9.65. The molecule has 4 atom stereocenters. The number of cyclic esters (lactones) is 1. The summed E-state index contributed by atoms with van der Waals surface area (Å²) in [6, 6.07) is -0.750. The number of allylic oxidation sites excluding steroid dienone is 6. The molecule has 0 aromatic heterocycles. The van der Waals surface area contributed by atoms with Crippen LogP contribution in [-0.2, 0) is 38.2 Å². The molecule has 0 aromatic rings. The molecule has 0 unspecified atom stereocenters. The molecule has 324 valence electrons. The van der Waals surface area contributed by atoms with Crippen LogP contribution in [-0.4, -0.2) is 84.3 Å². The molecule has 0 saturated heterocycles. The molecule has 2 heterocycles. The maximum atomic E-state index is 13.3. The monoisotopic (exact) mass is 838 g/mol. The Balaban J connectivity index is 1.75. The molecule has 0 aromatic carbocycles. The van der Waals surface area contributed by atoms with E-state index >= 15 is 0 Å². The van der Waals surface area contributed by atoms with Crippen LogP contribution in [0.1, 0.15) is 106 Å². The summed E-state index contributed by atoms with van der Waals surface area (Å²) >= 11 is 6.03. The van der Waals surface area contributed by atoms with Crippen LogP contribution < -0.4 is 16.0 Å². The minimum absolute atomic E-state index is 0.0189. The highest BCUT2D eigenvalue weighted by molar-refractivity contribution is 6.29. The van der Waals surface area contributed by atoms with Crippen LogP contribution in [0.4, 0.5) is 4.79 Å². The predicted molar refractivity (Wildman–Crippen MR) is 229 cm³/mol. The summed E-state index contributed by atoms with van der Waals surface area (Å²) < 4.78 is 11.1. The first-order valence-electron chi connectivity index (χ1n) is 20.3. The van der Waals surface area contributed by atoms with E-state index in [0.29, 0.717) is 75.1 Å². The highest BCUT2D eigenvalue weighted by atomic mass is 35.5. The van der Waals surface area contributed by atoms with Crippen LogP contribution >= 0.6 is 11.6 Å². The third kappa shape index (κ3) is 20.5. The number of ether oxygens (including phenoxy) is 2. The number of Topliss-reactive ketones (excluding diaryl/α,β-unsaturated/α-hetero) is 1. The number of nitrogens with zero attached hydrogens (tertiary/aromatic N) is 1. The minimum atomic E-state index is -0.750. The zero-order valence-electron chi connectivity index (χ0n) is 35.6. The number of unbranched alkanes of at least 4 members (excludes halogenated alkanes) is 2. The minimum Gasteiger partial charge on any atom is -0.458 e. The summed E-state index contributed by atoms with van der Waals surface area (Å²) in [5.74, 6) is -1.57. The first-order valence-corrected chi connectivity index (χ1v) is 20.7. The topological polar surface area (TPSA) is 177 Å². The van der Waals surface area contributed by atoms with E-state index in [1.165, 1.54) is 23.1 Å². The Bertz CT molecular complexity index is 1690. The number of hydrogen-bond acceptors (Lipinski definition) is 9. The van der Waals surface area contributed by atoms with Gasteiger partial charge in [-0.25, -0.2) is 9.59 Å². The molecule has 14 heteroatoms. The summed E-state index contributed by atoms with van der Waals surface area (Å²) in [5.41, 5.74) is 1.02. The number of amides is 5. The van der Waals surface area contributed by atoms with Crippen molar-refractivity contribution in [2.24, 2.45) is 11.3 Å². The van der Waals surface area contributed by atoms with Gasteiger partial charge in [-0.2, -0.15) is 0 Å². The van der Waals surface area contributed by atoms with Gasteiger partial charge in [0.2, 0.25) is 11.8 Å². The van der Waals surface area contributed by atoms with Gasteiger partial charge in [-0.05, 0) is 45.4 Å². The second-order valence-electron chi connectivity index (χ2n) is 15.9. The first kappa shape index (κ1) is 50.1. The molecule has 13 nitrogen and oxygen atoms in total. The Labute approximate surface area is 354 Å². The lowest BCUT2D eigenvalue weighted by Gasteiger charge is -2.29. The van der Waals surface area contributed by atoms with E-state index in [1.807, 2.05) is 52.8 Å². The first-order chi connectivity index (χ1) is 27.9. The predicted octanol–water partition coefficient (Wildman–Crippen LogP) is 7.00. The molecule has 0 spiro atoms. The van der Waals surface area contributed by atoms with E-state index in [0.717, 1.165) is 5.57 Å². The molecule has 2 aliphatic rings. The van der Waals surface area contributed by atoms with Crippen LogP contribution in [0.3, 0.4) is 0 Å². The lowest BCUT2D eigenvalue weighted by molar-refractivity contribution is -0.147. The second kappa shape index (κ2) is 26.1. The average Bonchev–Trinajstić information content (AvgIpc) is 3.48. The Morgan fingerprint density at radius 1 is 0.949 bits per heavy atom. The highest BCUT2D eigenvalue weighted by Gasteiger charge is 2.31. The van der Waals surface area contributed by atoms with Gasteiger partial charge in [0.05, 0.1) is 6.04 Å². The van der Waals surface area contributed by atoms with Gasteiger partial charge in [-0.3, -0.25) is 28.9 Å². The summed E-state index contributed by atoms with van der Waals surface area (Å²) in [4.78, 5) is 87.0. The second-order valence-corrected chi connectivity index (χ2v) is 16.5. The standard InChI is InChI=1S/C45H63ClN4O9/c1-31(30-33(3)37-24-21-32(2)43(56)59-37)16-10-13-20-39(53)49-42(45(5,6)7)36(51)18-12-11-17-35(23-22-34(4)46)58-44(57)48-28-15-27-47-38(52)19-9-8-14-29-50-40(54)25-26-41(50)55/h10-13,16,20-22,25-26,30,33,35,37,42H,8-9,14-15,17-19,23-24,27-29H2,1-7H3,(H,47,52)(H,48,57)(H,49,53)/b12-11-,16-10-,20-13-,31-30+,34-22+/t33-,35+,37-,42+/m0/s1. The van der Waals surface area contributed by atoms with Crippen molar-refractivity contribution < 1.29 is 43.0 Å². The zero-order chi connectivity index (χ0) is 44.0. The van der Waals surface area contributed by atoms with E-state index in [4.69, 9.17) is 21.1 Å². The van der Waals surface area contributed by atoms with Crippen molar-refractivity contribution in [3.63, 3.8) is 0 Å². The van der Waals surface area contributed by atoms with Crippen LogP contribution in [0.25, 0.3) is 0 Å². The van der Waals surface area contributed by atoms with E-state index in [9.17, 15) is 33.6 Å².